The lowest BCUT2D eigenvalue weighted by Crippen LogP contribution is -2.51. The number of rotatable bonds is 8. The molecule has 0 radical (unpaired) electrons. The maximum atomic E-state index is 16.6. The van der Waals surface area contributed by atoms with Crippen LogP contribution in [-0.2, 0) is 27.3 Å². The predicted molar refractivity (Wildman–Crippen MR) is 190 cm³/mol. The van der Waals surface area contributed by atoms with Gasteiger partial charge in [0, 0.05) is 36.7 Å². The summed E-state index contributed by atoms with van der Waals surface area (Å²) in [6, 6.07) is 6.40. The van der Waals surface area contributed by atoms with E-state index in [1.165, 1.54) is 21.0 Å². The van der Waals surface area contributed by atoms with Crippen molar-refractivity contribution in [3.05, 3.63) is 81.1 Å². The summed E-state index contributed by atoms with van der Waals surface area (Å²) in [5, 5.41) is 8.53. The number of carbonyl (C=O) groups excluding carboxylic acids is 2. The third-order valence-electron chi connectivity index (χ3n) is 10.3. The Labute approximate surface area is 297 Å². The van der Waals surface area contributed by atoms with Gasteiger partial charge in [-0.15, -0.1) is 5.10 Å². The molecule has 0 unspecified atom stereocenters. The molecule has 51 heavy (non-hydrogen) atoms. The SMILES string of the molecule is CCC1=C(C)C2=C(c3ccc(OCc4cn([C@H]5C[C@@H](C(=O)OC)N(C(=O)OC(C)(C)C)C5)nn4)cc3)c3c(C)c(CC)c(C)n3[B-](F)(F)[N+]2=C1C. The highest BCUT2D eigenvalue weighted by Gasteiger charge is 2.56. The van der Waals surface area contributed by atoms with Crippen molar-refractivity contribution in [2.75, 3.05) is 13.7 Å². The van der Waals surface area contributed by atoms with E-state index < -0.39 is 30.7 Å². The molecule has 3 aromatic rings. The van der Waals surface area contributed by atoms with Crippen molar-refractivity contribution in [3.8, 4) is 5.75 Å². The van der Waals surface area contributed by atoms with Crippen LogP contribution in [0.5, 0.6) is 5.75 Å². The van der Waals surface area contributed by atoms with Crippen molar-refractivity contribution in [2.24, 2.45) is 0 Å². The summed E-state index contributed by atoms with van der Waals surface area (Å²) < 4.78 is 53.9. The number of benzene rings is 1. The largest absolute Gasteiger partial charge is 0.737 e. The summed E-state index contributed by atoms with van der Waals surface area (Å²) in [4.78, 5) is 26.8. The van der Waals surface area contributed by atoms with Crippen molar-refractivity contribution in [1.82, 2.24) is 24.4 Å². The summed E-state index contributed by atoms with van der Waals surface area (Å²) in [6.07, 6.45) is 2.77. The first-order valence-corrected chi connectivity index (χ1v) is 17.6. The maximum Gasteiger partial charge on any atom is 0.737 e. The van der Waals surface area contributed by atoms with Crippen LogP contribution in [0.15, 0.2) is 47.3 Å². The van der Waals surface area contributed by atoms with Crippen LogP contribution in [0.1, 0.15) is 101 Å². The van der Waals surface area contributed by atoms with Gasteiger partial charge in [0.2, 0.25) is 0 Å². The molecule has 3 aliphatic rings. The number of hydrogen-bond acceptors (Lipinski definition) is 7. The Morgan fingerprint density at radius 3 is 2.35 bits per heavy atom. The highest BCUT2D eigenvalue weighted by molar-refractivity contribution is 6.58. The average Bonchev–Trinajstić information content (AvgIpc) is 3.83. The van der Waals surface area contributed by atoms with Crippen LogP contribution in [0.2, 0.25) is 0 Å². The van der Waals surface area contributed by atoms with E-state index in [-0.39, 0.29) is 19.2 Å². The fourth-order valence-corrected chi connectivity index (χ4v) is 8.07. The van der Waals surface area contributed by atoms with Crippen LogP contribution in [0.4, 0.5) is 13.4 Å². The molecular weight excluding hydrogens is 657 g/mol. The average molecular weight is 705 g/mol. The minimum atomic E-state index is -4.10. The zero-order valence-electron chi connectivity index (χ0n) is 31.1. The second-order valence-electron chi connectivity index (χ2n) is 14.5. The van der Waals surface area contributed by atoms with Gasteiger partial charge in [-0.2, -0.15) is 0 Å². The van der Waals surface area contributed by atoms with Crippen molar-refractivity contribution in [3.63, 3.8) is 0 Å². The van der Waals surface area contributed by atoms with Gasteiger partial charge in [-0.05, 0) is 88.9 Å². The lowest BCUT2D eigenvalue weighted by Gasteiger charge is -2.34. The minimum Gasteiger partial charge on any atom is -0.487 e. The van der Waals surface area contributed by atoms with E-state index in [0.29, 0.717) is 53.5 Å². The number of allylic oxidation sites excluding steroid dienone is 2. The summed E-state index contributed by atoms with van der Waals surface area (Å²) >= 11 is 0. The van der Waals surface area contributed by atoms with Gasteiger partial charge in [0.25, 0.3) is 0 Å². The number of hydrogen-bond donors (Lipinski definition) is 0. The highest BCUT2D eigenvalue weighted by atomic mass is 19.2. The molecule has 0 N–H and O–H groups in total. The standard InChI is InChI=1S/C37H47BF2N6O5/c1-11-29-21(3)33-32(34-22(4)30(12-2)24(6)46(34)38(39,40)45(33)23(29)5)25-13-15-28(16-14-25)50-20-26-18-44(42-41-26)27-17-31(35(47)49-10)43(19-27)36(48)51-37(7,8)9/h13-16,18,27,31H,11-12,17,19-20H2,1-10H3/t27-,31-/m0/s1. The molecule has 2 atom stereocenters. The van der Waals surface area contributed by atoms with Crippen molar-refractivity contribution >= 4 is 30.3 Å². The zero-order chi connectivity index (χ0) is 37.2. The van der Waals surface area contributed by atoms with Crippen LogP contribution in [0.25, 0.3) is 5.57 Å². The third kappa shape index (κ3) is 6.05. The lowest BCUT2D eigenvalue weighted by molar-refractivity contribution is -0.363. The van der Waals surface area contributed by atoms with Gasteiger partial charge < -0.3 is 31.8 Å². The van der Waals surface area contributed by atoms with Gasteiger partial charge >= 0.3 is 19.0 Å². The summed E-state index contributed by atoms with van der Waals surface area (Å²) in [7, 11) is 1.29. The van der Waals surface area contributed by atoms with Gasteiger partial charge in [-0.1, -0.05) is 31.2 Å². The molecule has 0 spiro atoms. The van der Waals surface area contributed by atoms with Gasteiger partial charge in [0.1, 0.15) is 35.4 Å². The number of methoxy groups -OCH3 is 1. The fourth-order valence-electron chi connectivity index (χ4n) is 8.07. The Hall–Kier alpha value is -4.75. The smallest absolute Gasteiger partial charge is 0.487 e. The summed E-state index contributed by atoms with van der Waals surface area (Å²) in [6.45, 7) is 13.0. The van der Waals surface area contributed by atoms with E-state index in [0.717, 1.165) is 33.4 Å². The number of carbonyl (C=O) groups is 2. The molecule has 6 rings (SSSR count). The van der Waals surface area contributed by atoms with E-state index in [9.17, 15) is 9.59 Å². The molecule has 0 aliphatic carbocycles. The third-order valence-corrected chi connectivity index (χ3v) is 10.3. The van der Waals surface area contributed by atoms with E-state index in [1.807, 2.05) is 52.0 Å². The molecule has 11 nitrogen and oxygen atoms in total. The van der Waals surface area contributed by atoms with E-state index in [4.69, 9.17) is 14.2 Å². The molecule has 1 fully saturated rings. The quantitative estimate of drug-likeness (QED) is 0.188. The maximum absolute atomic E-state index is 16.6. The van der Waals surface area contributed by atoms with Gasteiger partial charge in [0.05, 0.1) is 24.9 Å². The molecule has 1 amide bonds. The second kappa shape index (κ2) is 13.1. The summed E-state index contributed by atoms with van der Waals surface area (Å²) in [5.41, 5.74) is 7.46. The lowest BCUT2D eigenvalue weighted by atomic mass is 9.83. The molecule has 5 heterocycles. The Bertz CT molecular complexity index is 2000. The highest BCUT2D eigenvalue weighted by Crippen LogP contribution is 2.47. The van der Waals surface area contributed by atoms with Crippen LogP contribution in [-0.4, -0.2) is 78.9 Å². The van der Waals surface area contributed by atoms with E-state index in [1.54, 1.807) is 45.5 Å². The van der Waals surface area contributed by atoms with Crippen molar-refractivity contribution < 1.29 is 36.9 Å². The molecule has 14 heteroatoms. The monoisotopic (exact) mass is 704 g/mol. The number of aromatic nitrogens is 4. The number of likely N-dealkylation sites (tertiary alicyclic amines) is 1. The number of halogens is 2. The second-order valence-corrected chi connectivity index (χ2v) is 14.5. The van der Waals surface area contributed by atoms with Gasteiger partial charge in [-0.3, -0.25) is 4.90 Å². The number of esters is 1. The van der Waals surface area contributed by atoms with Crippen molar-refractivity contribution in [2.45, 2.75) is 106 Å². The Morgan fingerprint density at radius 2 is 1.75 bits per heavy atom. The first-order chi connectivity index (χ1) is 24.0. The van der Waals surface area contributed by atoms with Crippen LogP contribution in [0, 0.1) is 13.8 Å². The molecule has 1 saturated heterocycles. The van der Waals surface area contributed by atoms with Crippen LogP contribution < -0.4 is 4.74 Å². The number of fused-ring (bicyclic) bond motifs is 2. The molecule has 2 aromatic heterocycles. The molecule has 0 saturated carbocycles. The van der Waals surface area contributed by atoms with E-state index >= 15 is 8.63 Å². The Kier molecular flexibility index (Phi) is 9.26. The first kappa shape index (κ1) is 36.1. The summed E-state index contributed by atoms with van der Waals surface area (Å²) in [5.74, 6) is 0.0575. The van der Waals surface area contributed by atoms with Crippen LogP contribution in [0.3, 0.4) is 0 Å². The first-order valence-electron chi connectivity index (χ1n) is 17.6. The number of ether oxygens (including phenoxy) is 3. The number of amides is 1. The zero-order valence-corrected chi connectivity index (χ0v) is 31.1. The predicted octanol–water partition coefficient (Wildman–Crippen LogP) is 6.77. The Morgan fingerprint density at radius 1 is 1.06 bits per heavy atom. The van der Waals surface area contributed by atoms with Crippen molar-refractivity contribution in [1.29, 1.82) is 0 Å². The number of nitrogens with zero attached hydrogens (tertiary/aromatic N) is 6. The molecule has 1 aromatic carbocycles. The molecule has 3 aliphatic heterocycles. The fraction of sp³-hybridized carbons (Fsp3) is 0.486. The molecule has 0 bridgehead atoms. The normalized spacial score (nSPS) is 19.9. The van der Waals surface area contributed by atoms with Gasteiger partial charge in [0.15, 0.2) is 5.70 Å². The molecular formula is C37H47BF2N6O5. The van der Waals surface area contributed by atoms with E-state index in [2.05, 4.69) is 10.3 Å². The van der Waals surface area contributed by atoms with Gasteiger partial charge in [-0.25, -0.2) is 14.3 Å². The minimum absolute atomic E-state index is 0.121. The topological polar surface area (TPSA) is 104 Å². The Balaban J connectivity index is 1.24. The van der Waals surface area contributed by atoms with Crippen LogP contribution >= 0.6 is 0 Å². The molecule has 272 valence electrons.